The van der Waals surface area contributed by atoms with Gasteiger partial charge in [-0.15, -0.1) is 0 Å². The van der Waals surface area contributed by atoms with E-state index in [0.29, 0.717) is 25.2 Å². The molecule has 6 heteroatoms. The van der Waals surface area contributed by atoms with Crippen LogP contribution in [-0.2, 0) is 16.0 Å². The Labute approximate surface area is 105 Å². The summed E-state index contributed by atoms with van der Waals surface area (Å²) in [5, 5.41) is 6.49. The quantitative estimate of drug-likeness (QED) is 0.797. The molecule has 18 heavy (non-hydrogen) atoms. The fourth-order valence-electron chi connectivity index (χ4n) is 3.10. The first-order valence-corrected chi connectivity index (χ1v) is 6.40. The average Bonchev–Trinajstić information content (AvgIpc) is 3.03. The van der Waals surface area contributed by atoms with Crippen LogP contribution >= 0.6 is 0 Å². The number of nitrogens with zero attached hydrogens (tertiary/aromatic N) is 3. The minimum absolute atomic E-state index is 0.0265. The highest BCUT2D eigenvalue weighted by atomic mass is 16.2. The molecule has 1 aromatic rings. The van der Waals surface area contributed by atoms with Crippen LogP contribution in [0.2, 0.25) is 0 Å². The van der Waals surface area contributed by atoms with Gasteiger partial charge in [0.05, 0.1) is 5.41 Å². The van der Waals surface area contributed by atoms with E-state index in [1.807, 2.05) is 0 Å². The van der Waals surface area contributed by atoms with Gasteiger partial charge in [0.15, 0.2) is 0 Å². The molecule has 1 aliphatic carbocycles. The number of carbonyl (C=O) groups is 2. The summed E-state index contributed by atoms with van der Waals surface area (Å²) >= 11 is 0. The molecule has 2 aliphatic rings. The first kappa shape index (κ1) is 11.4. The van der Waals surface area contributed by atoms with E-state index in [1.165, 1.54) is 11.2 Å². The Morgan fingerprint density at radius 1 is 1.33 bits per heavy atom. The number of carbonyl (C=O) groups excluding carboxylic acids is 2. The summed E-state index contributed by atoms with van der Waals surface area (Å²) in [6.45, 7) is 0.411. The summed E-state index contributed by atoms with van der Waals surface area (Å²) < 4.78 is 0. The lowest BCUT2D eigenvalue weighted by atomic mass is 9.84. The van der Waals surface area contributed by atoms with E-state index in [1.54, 1.807) is 0 Å². The molecule has 2 fully saturated rings. The highest BCUT2D eigenvalue weighted by Gasteiger charge is 2.52. The third kappa shape index (κ3) is 1.72. The highest BCUT2D eigenvalue weighted by molar-refractivity contribution is 6.06. The molecule has 96 valence electrons. The average molecular weight is 248 g/mol. The predicted molar refractivity (Wildman–Crippen MR) is 62.3 cm³/mol. The van der Waals surface area contributed by atoms with Crippen molar-refractivity contribution < 1.29 is 9.59 Å². The lowest BCUT2D eigenvalue weighted by molar-refractivity contribution is -0.141. The number of hydrogen-bond acceptors (Lipinski definition) is 4. The predicted octanol–water partition coefficient (Wildman–Crippen LogP) is 0.666. The zero-order valence-electron chi connectivity index (χ0n) is 10.2. The number of H-pyrrole nitrogens is 1. The Hall–Kier alpha value is -1.72. The van der Waals surface area contributed by atoms with E-state index in [2.05, 4.69) is 15.2 Å². The molecule has 0 aromatic carbocycles. The van der Waals surface area contributed by atoms with Crippen LogP contribution < -0.4 is 0 Å². The molecule has 3 rings (SSSR count). The first-order chi connectivity index (χ1) is 8.71. The third-order valence-corrected chi connectivity index (χ3v) is 4.09. The Bertz CT molecular complexity index is 462. The molecule has 1 spiro atoms. The maximum absolute atomic E-state index is 12.4. The molecule has 2 amide bonds. The number of nitrogens with one attached hydrogen (secondary N) is 1. The van der Waals surface area contributed by atoms with Gasteiger partial charge in [-0.1, -0.05) is 12.8 Å². The van der Waals surface area contributed by atoms with Gasteiger partial charge in [0.25, 0.3) is 0 Å². The number of aromatic nitrogens is 3. The Kier molecular flexibility index (Phi) is 2.65. The van der Waals surface area contributed by atoms with Gasteiger partial charge in [-0.05, 0) is 12.8 Å². The summed E-state index contributed by atoms with van der Waals surface area (Å²) in [7, 11) is 0. The van der Waals surface area contributed by atoms with Crippen molar-refractivity contribution in [3.8, 4) is 0 Å². The smallest absolute Gasteiger partial charge is 0.235 e. The van der Waals surface area contributed by atoms with Crippen molar-refractivity contribution in [1.29, 1.82) is 0 Å². The summed E-state index contributed by atoms with van der Waals surface area (Å²) in [5.41, 5.74) is -0.363. The lowest BCUT2D eigenvalue weighted by Crippen LogP contribution is -2.36. The van der Waals surface area contributed by atoms with Crippen molar-refractivity contribution in [3.05, 3.63) is 12.2 Å². The van der Waals surface area contributed by atoms with Crippen LogP contribution in [0.15, 0.2) is 6.33 Å². The summed E-state index contributed by atoms with van der Waals surface area (Å²) in [6.07, 6.45) is 6.26. The van der Waals surface area contributed by atoms with Crippen molar-refractivity contribution >= 4 is 11.8 Å². The van der Waals surface area contributed by atoms with Crippen LogP contribution in [-0.4, -0.2) is 38.4 Å². The lowest BCUT2D eigenvalue weighted by Gasteiger charge is -2.20. The van der Waals surface area contributed by atoms with Gasteiger partial charge in [-0.2, -0.15) is 5.10 Å². The maximum Gasteiger partial charge on any atom is 0.235 e. The van der Waals surface area contributed by atoms with Gasteiger partial charge in [0.1, 0.15) is 12.2 Å². The van der Waals surface area contributed by atoms with Gasteiger partial charge in [0.2, 0.25) is 11.8 Å². The van der Waals surface area contributed by atoms with E-state index in [4.69, 9.17) is 0 Å². The van der Waals surface area contributed by atoms with Crippen LogP contribution in [0.3, 0.4) is 0 Å². The molecule has 1 saturated carbocycles. The number of likely N-dealkylation sites (tertiary alicyclic amines) is 1. The Morgan fingerprint density at radius 3 is 2.78 bits per heavy atom. The molecule has 1 saturated heterocycles. The van der Waals surface area contributed by atoms with Gasteiger partial charge in [-0.3, -0.25) is 19.6 Å². The number of rotatable bonds is 3. The van der Waals surface area contributed by atoms with Gasteiger partial charge >= 0.3 is 0 Å². The maximum atomic E-state index is 12.4. The van der Waals surface area contributed by atoms with E-state index >= 15 is 0 Å². The SMILES string of the molecule is O=C1CC2(CCCC2)C(=O)N1CCc1ncn[nH]1. The molecule has 0 radical (unpaired) electrons. The van der Waals surface area contributed by atoms with E-state index in [-0.39, 0.29) is 17.2 Å². The molecule has 1 aliphatic heterocycles. The molecule has 1 N–H and O–H groups in total. The fourth-order valence-corrected chi connectivity index (χ4v) is 3.10. The summed E-state index contributed by atoms with van der Waals surface area (Å²) in [4.78, 5) is 29.7. The molecule has 0 unspecified atom stereocenters. The number of hydrogen-bond donors (Lipinski definition) is 1. The van der Waals surface area contributed by atoms with Crippen LogP contribution in [0, 0.1) is 5.41 Å². The minimum atomic E-state index is -0.363. The Morgan fingerprint density at radius 2 is 2.11 bits per heavy atom. The topological polar surface area (TPSA) is 79.0 Å². The number of imide groups is 1. The Balaban J connectivity index is 1.69. The second-order valence-electron chi connectivity index (χ2n) is 5.20. The van der Waals surface area contributed by atoms with Crippen LogP contribution in [0.25, 0.3) is 0 Å². The summed E-state index contributed by atoms with van der Waals surface area (Å²) in [6, 6.07) is 0. The third-order valence-electron chi connectivity index (χ3n) is 4.09. The monoisotopic (exact) mass is 248 g/mol. The summed E-state index contributed by atoms with van der Waals surface area (Å²) in [5.74, 6) is 0.717. The van der Waals surface area contributed by atoms with E-state index < -0.39 is 0 Å². The van der Waals surface area contributed by atoms with Crippen molar-refractivity contribution in [2.45, 2.75) is 38.5 Å². The van der Waals surface area contributed by atoms with Gasteiger partial charge in [0, 0.05) is 19.4 Å². The molecule has 6 nitrogen and oxygen atoms in total. The fraction of sp³-hybridized carbons (Fsp3) is 0.667. The first-order valence-electron chi connectivity index (χ1n) is 6.40. The molecule has 2 heterocycles. The van der Waals surface area contributed by atoms with Crippen molar-refractivity contribution in [2.24, 2.45) is 5.41 Å². The molecule has 0 atom stereocenters. The van der Waals surface area contributed by atoms with Crippen LogP contribution in [0.5, 0.6) is 0 Å². The number of aromatic amines is 1. The second kappa shape index (κ2) is 4.19. The second-order valence-corrected chi connectivity index (χ2v) is 5.20. The molecular formula is C12H16N4O2. The van der Waals surface area contributed by atoms with Crippen molar-refractivity contribution in [1.82, 2.24) is 20.1 Å². The number of amides is 2. The zero-order chi connectivity index (χ0) is 12.6. The minimum Gasteiger partial charge on any atom is -0.282 e. The normalized spacial score (nSPS) is 22.3. The molecular weight excluding hydrogens is 232 g/mol. The van der Waals surface area contributed by atoms with Crippen LogP contribution in [0.4, 0.5) is 0 Å². The standard InChI is InChI=1S/C12H16N4O2/c17-10-7-12(4-1-2-5-12)11(18)16(10)6-3-9-13-8-14-15-9/h8H,1-7H2,(H,13,14,15). The van der Waals surface area contributed by atoms with E-state index in [9.17, 15) is 9.59 Å². The van der Waals surface area contributed by atoms with Crippen molar-refractivity contribution in [2.75, 3.05) is 6.54 Å². The largest absolute Gasteiger partial charge is 0.282 e. The van der Waals surface area contributed by atoms with Gasteiger partial charge < -0.3 is 0 Å². The van der Waals surface area contributed by atoms with E-state index in [0.717, 1.165) is 25.7 Å². The zero-order valence-corrected chi connectivity index (χ0v) is 10.2. The molecule has 0 bridgehead atoms. The molecule has 1 aromatic heterocycles. The van der Waals surface area contributed by atoms with Crippen LogP contribution in [0.1, 0.15) is 37.9 Å². The van der Waals surface area contributed by atoms with Crippen molar-refractivity contribution in [3.63, 3.8) is 0 Å². The highest BCUT2D eigenvalue weighted by Crippen LogP contribution is 2.46. The van der Waals surface area contributed by atoms with Gasteiger partial charge in [-0.25, -0.2) is 4.98 Å².